The first-order valence-corrected chi connectivity index (χ1v) is 3.96. The van der Waals surface area contributed by atoms with Crippen molar-refractivity contribution >= 4 is 5.91 Å². The molecule has 2 N–H and O–H groups in total. The molecule has 0 aromatic rings. The molecule has 1 rings (SSSR count). The third-order valence-corrected chi connectivity index (χ3v) is 1.64. The summed E-state index contributed by atoms with van der Waals surface area (Å²) in [4.78, 5) is 10.6. The molecule has 1 heterocycles. The fraction of sp³-hybridized carbons (Fsp3) is 0.625. The molecule has 0 saturated carbocycles. The van der Waals surface area contributed by atoms with Gasteiger partial charge in [0.05, 0.1) is 13.2 Å². The molecule has 0 radical (unpaired) electrons. The minimum Gasteiger partial charge on any atom is -0.387 e. The monoisotopic (exact) mass is 171 g/mol. The summed E-state index contributed by atoms with van der Waals surface area (Å²) in [6, 6.07) is 0. The molecule has 0 spiro atoms. The fourth-order valence-corrected chi connectivity index (χ4v) is 1.000. The lowest BCUT2D eigenvalue weighted by molar-refractivity contribution is -0.123. The van der Waals surface area contributed by atoms with E-state index in [1.807, 2.05) is 0 Å². The topological polar surface area (TPSA) is 58.6 Å². The Bertz CT molecular complexity index is 189. The summed E-state index contributed by atoms with van der Waals surface area (Å²) in [6.07, 6.45) is 2.96. The van der Waals surface area contributed by atoms with Gasteiger partial charge < -0.3 is 15.2 Å². The zero-order valence-corrected chi connectivity index (χ0v) is 6.88. The maximum absolute atomic E-state index is 10.6. The highest BCUT2D eigenvalue weighted by molar-refractivity contribution is 5.77. The van der Waals surface area contributed by atoms with Crippen molar-refractivity contribution in [3.05, 3.63) is 11.6 Å². The molecule has 0 aromatic carbocycles. The second-order valence-electron chi connectivity index (χ2n) is 2.64. The van der Waals surface area contributed by atoms with Crippen molar-refractivity contribution in [1.82, 2.24) is 5.32 Å². The Kier molecular flexibility index (Phi) is 3.76. The summed E-state index contributed by atoms with van der Waals surface area (Å²) in [5, 5.41) is 11.0. The van der Waals surface area contributed by atoms with Crippen LogP contribution in [0.25, 0.3) is 0 Å². The van der Waals surface area contributed by atoms with Crippen LogP contribution in [0.4, 0.5) is 0 Å². The Morgan fingerprint density at radius 2 is 2.58 bits per heavy atom. The number of aliphatic hydroxyl groups is 1. The molecule has 0 atom stereocenters. The Morgan fingerprint density at radius 3 is 3.17 bits per heavy atom. The van der Waals surface area contributed by atoms with Crippen molar-refractivity contribution in [2.45, 2.75) is 6.42 Å². The maximum atomic E-state index is 10.6. The second-order valence-corrected chi connectivity index (χ2v) is 2.64. The van der Waals surface area contributed by atoms with Crippen LogP contribution in [0.1, 0.15) is 6.42 Å². The number of carbonyl (C=O) groups excluding carboxylic acids is 1. The highest BCUT2D eigenvalue weighted by Gasteiger charge is 2.04. The van der Waals surface area contributed by atoms with Gasteiger partial charge in [0.15, 0.2) is 0 Å². The SMILES string of the molecule is O=C(CO)NCC1=CCCOC1. The molecule has 0 aromatic heterocycles. The van der Waals surface area contributed by atoms with Gasteiger partial charge in [-0.25, -0.2) is 0 Å². The zero-order chi connectivity index (χ0) is 8.81. The van der Waals surface area contributed by atoms with E-state index in [2.05, 4.69) is 11.4 Å². The van der Waals surface area contributed by atoms with Gasteiger partial charge in [0.25, 0.3) is 0 Å². The van der Waals surface area contributed by atoms with Crippen molar-refractivity contribution in [2.24, 2.45) is 0 Å². The average Bonchev–Trinajstić information content (AvgIpc) is 2.16. The van der Waals surface area contributed by atoms with E-state index in [1.165, 1.54) is 0 Å². The quantitative estimate of drug-likeness (QED) is 0.560. The zero-order valence-electron chi connectivity index (χ0n) is 6.88. The second kappa shape index (κ2) is 4.90. The molecule has 1 aliphatic heterocycles. The van der Waals surface area contributed by atoms with Gasteiger partial charge in [0.2, 0.25) is 5.91 Å². The van der Waals surface area contributed by atoms with Crippen LogP contribution in [0, 0.1) is 0 Å². The molecular formula is C8H13NO3. The summed E-state index contributed by atoms with van der Waals surface area (Å²) >= 11 is 0. The van der Waals surface area contributed by atoms with E-state index in [0.717, 1.165) is 18.6 Å². The van der Waals surface area contributed by atoms with Gasteiger partial charge >= 0.3 is 0 Å². The molecule has 0 aliphatic carbocycles. The largest absolute Gasteiger partial charge is 0.387 e. The molecule has 0 saturated heterocycles. The molecule has 12 heavy (non-hydrogen) atoms. The lowest BCUT2D eigenvalue weighted by atomic mass is 10.2. The number of aliphatic hydroxyl groups excluding tert-OH is 1. The predicted molar refractivity (Wildman–Crippen MR) is 43.6 cm³/mol. The molecule has 4 heteroatoms. The van der Waals surface area contributed by atoms with Gasteiger partial charge in [0, 0.05) is 6.54 Å². The summed E-state index contributed by atoms with van der Waals surface area (Å²) in [5.74, 6) is -0.346. The number of nitrogens with one attached hydrogen (secondary N) is 1. The maximum Gasteiger partial charge on any atom is 0.245 e. The van der Waals surface area contributed by atoms with Crippen molar-refractivity contribution in [3.8, 4) is 0 Å². The summed E-state index contributed by atoms with van der Waals surface area (Å²) in [7, 11) is 0. The van der Waals surface area contributed by atoms with Crippen LogP contribution in [0.15, 0.2) is 11.6 Å². The van der Waals surface area contributed by atoms with Crippen molar-refractivity contribution < 1.29 is 14.6 Å². The number of ether oxygens (including phenoxy) is 1. The van der Waals surface area contributed by atoms with Crippen molar-refractivity contribution in [3.63, 3.8) is 0 Å². The molecule has 68 valence electrons. The smallest absolute Gasteiger partial charge is 0.245 e. The summed E-state index contributed by atoms with van der Waals surface area (Å²) < 4.78 is 5.17. The Hall–Kier alpha value is -0.870. The normalized spacial score (nSPS) is 16.9. The third-order valence-electron chi connectivity index (χ3n) is 1.64. The van der Waals surface area contributed by atoms with Crippen LogP contribution in [0.2, 0.25) is 0 Å². The number of hydrogen-bond donors (Lipinski definition) is 2. The first kappa shape index (κ1) is 9.22. The summed E-state index contributed by atoms with van der Waals surface area (Å²) in [5.41, 5.74) is 1.07. The lowest BCUT2D eigenvalue weighted by Crippen LogP contribution is -2.29. The first-order chi connectivity index (χ1) is 5.83. The average molecular weight is 171 g/mol. The standard InChI is InChI=1S/C8H13NO3/c10-5-8(11)9-4-7-2-1-3-12-6-7/h2,10H,1,3-6H2,(H,9,11). The molecule has 0 bridgehead atoms. The van der Waals surface area contributed by atoms with Crippen LogP contribution in [0.3, 0.4) is 0 Å². The van der Waals surface area contributed by atoms with Crippen LogP contribution in [0.5, 0.6) is 0 Å². The molecule has 1 aliphatic rings. The van der Waals surface area contributed by atoms with Crippen LogP contribution >= 0.6 is 0 Å². The van der Waals surface area contributed by atoms with Gasteiger partial charge in [-0.15, -0.1) is 0 Å². The molecule has 4 nitrogen and oxygen atoms in total. The van der Waals surface area contributed by atoms with E-state index < -0.39 is 6.61 Å². The van der Waals surface area contributed by atoms with Gasteiger partial charge in [-0.3, -0.25) is 4.79 Å². The molecule has 1 amide bonds. The molecular weight excluding hydrogens is 158 g/mol. The van der Waals surface area contributed by atoms with Gasteiger partial charge in [-0.2, -0.15) is 0 Å². The van der Waals surface area contributed by atoms with Gasteiger partial charge in [-0.05, 0) is 12.0 Å². The van der Waals surface area contributed by atoms with E-state index in [-0.39, 0.29) is 5.91 Å². The fourth-order valence-electron chi connectivity index (χ4n) is 1.000. The summed E-state index contributed by atoms with van der Waals surface area (Å²) in [6.45, 7) is 1.39. The Morgan fingerprint density at radius 1 is 1.75 bits per heavy atom. The van der Waals surface area contributed by atoms with Crippen molar-refractivity contribution in [2.75, 3.05) is 26.4 Å². The minimum absolute atomic E-state index is 0.346. The molecule has 0 unspecified atom stereocenters. The Labute approximate surface area is 71.2 Å². The lowest BCUT2D eigenvalue weighted by Gasteiger charge is -2.13. The van der Waals surface area contributed by atoms with E-state index in [4.69, 9.17) is 9.84 Å². The first-order valence-electron chi connectivity index (χ1n) is 3.96. The predicted octanol–water partition coefficient (Wildman–Crippen LogP) is -0.558. The van der Waals surface area contributed by atoms with Crippen LogP contribution in [-0.4, -0.2) is 37.4 Å². The molecule has 0 fully saturated rings. The highest BCUT2D eigenvalue weighted by atomic mass is 16.5. The van der Waals surface area contributed by atoms with E-state index in [9.17, 15) is 4.79 Å². The number of carbonyl (C=O) groups is 1. The third kappa shape index (κ3) is 3.02. The van der Waals surface area contributed by atoms with Crippen LogP contribution < -0.4 is 5.32 Å². The number of hydrogen-bond acceptors (Lipinski definition) is 3. The van der Waals surface area contributed by atoms with Gasteiger partial charge in [0.1, 0.15) is 6.61 Å². The minimum atomic E-state index is -0.450. The van der Waals surface area contributed by atoms with E-state index >= 15 is 0 Å². The van der Waals surface area contributed by atoms with Crippen molar-refractivity contribution in [1.29, 1.82) is 0 Å². The van der Waals surface area contributed by atoms with Crippen LogP contribution in [-0.2, 0) is 9.53 Å². The van der Waals surface area contributed by atoms with Gasteiger partial charge in [-0.1, -0.05) is 6.08 Å². The Balaban J connectivity index is 2.21. The van der Waals surface area contributed by atoms with E-state index in [1.54, 1.807) is 0 Å². The number of rotatable bonds is 3. The van der Waals surface area contributed by atoms with E-state index in [0.29, 0.717) is 13.2 Å². The number of amides is 1. The highest BCUT2D eigenvalue weighted by Crippen LogP contribution is 2.03.